The minimum atomic E-state index is -0.526. The van der Waals surface area contributed by atoms with Gasteiger partial charge in [0.15, 0.2) is 11.5 Å². The number of aliphatic hydroxyl groups excluding tert-OH is 1. The maximum Gasteiger partial charge on any atom is 0.200 e. The maximum absolute atomic E-state index is 11.4. The van der Waals surface area contributed by atoms with E-state index < -0.39 is 12.2 Å². The molecule has 3 saturated carbocycles. The number of methoxy groups -OCH3 is 1. The van der Waals surface area contributed by atoms with Crippen molar-refractivity contribution in [1.29, 1.82) is 0 Å². The Labute approximate surface area is 266 Å². The molecule has 0 amide bonds. The molecule has 1 aliphatic heterocycles. The third kappa shape index (κ3) is 6.06. The summed E-state index contributed by atoms with van der Waals surface area (Å²) in [5.74, 6) is 2.56. The molecule has 3 aromatic rings. The first-order valence-corrected chi connectivity index (χ1v) is 17.3. The van der Waals surface area contributed by atoms with Gasteiger partial charge in [0.05, 0.1) is 25.4 Å². The van der Waals surface area contributed by atoms with Crippen LogP contribution in [0.1, 0.15) is 123 Å². The number of hydrogen-bond acceptors (Lipinski definition) is 6. The summed E-state index contributed by atoms with van der Waals surface area (Å²) in [7, 11) is 1.49. The van der Waals surface area contributed by atoms with Gasteiger partial charge in [-0.3, -0.25) is 0 Å². The number of aliphatic hydroxyl groups is 1. The third-order valence-electron chi connectivity index (χ3n) is 11.8. The van der Waals surface area contributed by atoms with Gasteiger partial charge in [-0.1, -0.05) is 50.7 Å². The number of phenolic OH excluding ortho intramolecular Hbond substituents is 3. The van der Waals surface area contributed by atoms with Crippen molar-refractivity contribution >= 4 is 0 Å². The molecule has 2 aromatic carbocycles. The van der Waals surface area contributed by atoms with Gasteiger partial charge < -0.3 is 34.9 Å². The second-order valence-electron chi connectivity index (χ2n) is 14.4. The van der Waals surface area contributed by atoms with E-state index in [9.17, 15) is 20.4 Å². The Balaban J connectivity index is 1.12. The van der Waals surface area contributed by atoms with Crippen LogP contribution in [-0.4, -0.2) is 44.7 Å². The fraction of sp³-hybridized carbons (Fsp3) is 0.579. The number of aromatic nitrogens is 1. The molecule has 0 bridgehead atoms. The summed E-state index contributed by atoms with van der Waals surface area (Å²) < 4.78 is 12.4. The van der Waals surface area contributed by atoms with Gasteiger partial charge in [-0.2, -0.15) is 0 Å². The number of fused-ring (bicyclic) bond motifs is 1. The molecule has 7 atom stereocenters. The van der Waals surface area contributed by atoms with Crippen LogP contribution >= 0.6 is 0 Å². The maximum atomic E-state index is 11.4. The summed E-state index contributed by atoms with van der Waals surface area (Å²) in [6.07, 6.45) is 16.7. The molecule has 45 heavy (non-hydrogen) atoms. The molecule has 1 aromatic heterocycles. The predicted molar refractivity (Wildman–Crippen MR) is 173 cm³/mol. The minimum absolute atomic E-state index is 0.0559. The molecule has 242 valence electrons. The number of rotatable bonds is 7. The second kappa shape index (κ2) is 12.9. The van der Waals surface area contributed by atoms with Crippen molar-refractivity contribution in [2.24, 2.45) is 17.8 Å². The normalized spacial score (nSPS) is 30.7. The predicted octanol–water partition coefficient (Wildman–Crippen LogP) is 7.97. The van der Waals surface area contributed by atoms with E-state index in [1.165, 1.54) is 57.6 Å². The van der Waals surface area contributed by atoms with Crippen molar-refractivity contribution in [3.63, 3.8) is 0 Å². The Hall–Kier alpha value is -3.16. The van der Waals surface area contributed by atoms with Crippen LogP contribution in [0.4, 0.5) is 0 Å². The number of aromatic amines is 1. The highest BCUT2D eigenvalue weighted by Gasteiger charge is 2.43. The van der Waals surface area contributed by atoms with E-state index in [1.807, 2.05) is 24.5 Å². The van der Waals surface area contributed by atoms with Crippen molar-refractivity contribution < 1.29 is 29.9 Å². The number of H-pyrrole nitrogens is 1. The Morgan fingerprint density at radius 3 is 2.42 bits per heavy atom. The lowest BCUT2D eigenvalue weighted by atomic mass is 9.70. The van der Waals surface area contributed by atoms with Crippen LogP contribution in [0, 0.1) is 17.8 Å². The zero-order valence-corrected chi connectivity index (χ0v) is 26.5. The molecule has 7 rings (SSSR count). The van der Waals surface area contributed by atoms with E-state index in [-0.39, 0.29) is 35.2 Å². The minimum Gasteiger partial charge on any atom is -0.508 e. The highest BCUT2D eigenvalue weighted by atomic mass is 16.5. The Bertz CT molecular complexity index is 1460. The lowest BCUT2D eigenvalue weighted by molar-refractivity contribution is -0.154. The summed E-state index contributed by atoms with van der Waals surface area (Å²) in [4.78, 5) is 3.08. The summed E-state index contributed by atoms with van der Waals surface area (Å²) in [5.41, 5.74) is 4.90. The Kier molecular flexibility index (Phi) is 8.75. The van der Waals surface area contributed by atoms with Crippen LogP contribution in [0.3, 0.4) is 0 Å². The van der Waals surface area contributed by atoms with Crippen LogP contribution in [0.5, 0.6) is 23.0 Å². The fourth-order valence-corrected chi connectivity index (χ4v) is 9.49. The molecule has 1 saturated heterocycles. The van der Waals surface area contributed by atoms with E-state index in [4.69, 9.17) is 9.47 Å². The fourth-order valence-electron chi connectivity index (χ4n) is 9.49. The molecule has 0 unspecified atom stereocenters. The van der Waals surface area contributed by atoms with E-state index in [0.717, 1.165) is 59.8 Å². The number of ether oxygens (including phenoxy) is 2. The quantitative estimate of drug-likeness (QED) is 0.172. The topological polar surface area (TPSA) is 115 Å². The average molecular weight is 616 g/mol. The van der Waals surface area contributed by atoms with Gasteiger partial charge >= 0.3 is 0 Å². The third-order valence-corrected chi connectivity index (χ3v) is 11.8. The first kappa shape index (κ1) is 30.5. The molecule has 4 aliphatic rings. The van der Waals surface area contributed by atoms with Gasteiger partial charge in [-0.05, 0) is 96.2 Å². The molecule has 4 fully saturated rings. The number of benzene rings is 2. The van der Waals surface area contributed by atoms with Crippen molar-refractivity contribution in [2.75, 3.05) is 7.11 Å². The van der Waals surface area contributed by atoms with Gasteiger partial charge in [0, 0.05) is 36.7 Å². The van der Waals surface area contributed by atoms with Gasteiger partial charge in [-0.25, -0.2) is 0 Å². The molecule has 7 heteroatoms. The number of hydrogen-bond donors (Lipinski definition) is 5. The zero-order valence-electron chi connectivity index (χ0n) is 26.5. The highest BCUT2D eigenvalue weighted by Crippen LogP contribution is 2.51. The molecule has 0 radical (unpaired) electrons. The van der Waals surface area contributed by atoms with E-state index in [0.29, 0.717) is 24.5 Å². The molecule has 7 nitrogen and oxygen atoms in total. The highest BCUT2D eigenvalue weighted by molar-refractivity contribution is 5.59. The van der Waals surface area contributed by atoms with Crippen LogP contribution in [-0.2, 0) is 11.2 Å². The SMILES string of the molecule is COc1c(O)c(O)cc([C@@H]2C[C@H](O)[C@@H]3CC[C@H](c4ccc(O)c([C@H]5CCC[C@H](C6CCCC6)C5)c4)C[C@@H]3O2)c1Cc1cc[nH]c1. The van der Waals surface area contributed by atoms with Gasteiger partial charge in [0.1, 0.15) is 5.75 Å². The monoisotopic (exact) mass is 615 g/mol. The molecule has 5 N–H and O–H groups in total. The first-order valence-electron chi connectivity index (χ1n) is 17.3. The summed E-state index contributed by atoms with van der Waals surface area (Å²) in [6.45, 7) is 0. The average Bonchev–Trinajstić information content (AvgIpc) is 3.78. The second-order valence-corrected chi connectivity index (χ2v) is 14.4. The standard InChI is InChI=1S/C38H49NO6/c1-44-38-31(15-22-13-14-39-21-22)30(19-34(42)37(38)43)36-20-33(41)28-11-9-26(18-35(28)45-36)25-10-12-32(40)29(17-25)27-8-4-7-24(16-27)23-5-2-3-6-23/h10,12-14,17,19,21,23-24,26-28,33,35-36,39-43H,2-9,11,15-16,18,20H2,1H3/t24-,26-,27-,28-,33-,35-,36-/m0/s1. The van der Waals surface area contributed by atoms with Crippen LogP contribution in [0.2, 0.25) is 0 Å². The van der Waals surface area contributed by atoms with Crippen molar-refractivity contribution in [3.05, 3.63) is 70.5 Å². The summed E-state index contributed by atoms with van der Waals surface area (Å²) in [6, 6.07) is 9.84. The zero-order chi connectivity index (χ0) is 31.1. The van der Waals surface area contributed by atoms with Gasteiger partial charge in [-0.15, -0.1) is 0 Å². The van der Waals surface area contributed by atoms with E-state index in [1.54, 1.807) is 6.07 Å². The number of aromatic hydroxyl groups is 3. The first-order chi connectivity index (χ1) is 21.9. The van der Waals surface area contributed by atoms with Crippen molar-refractivity contribution in [2.45, 2.75) is 114 Å². The molecule has 3 aliphatic carbocycles. The van der Waals surface area contributed by atoms with E-state index in [2.05, 4.69) is 17.1 Å². The van der Waals surface area contributed by atoms with E-state index >= 15 is 0 Å². The van der Waals surface area contributed by atoms with Gasteiger partial charge in [0.25, 0.3) is 0 Å². The van der Waals surface area contributed by atoms with Gasteiger partial charge in [0.2, 0.25) is 5.75 Å². The molecule has 0 spiro atoms. The Morgan fingerprint density at radius 1 is 0.822 bits per heavy atom. The van der Waals surface area contributed by atoms with Crippen molar-refractivity contribution in [3.8, 4) is 23.0 Å². The smallest absolute Gasteiger partial charge is 0.200 e. The molecular formula is C38H49NO6. The molecule has 2 heterocycles. The number of nitrogens with one attached hydrogen (secondary N) is 1. The summed E-state index contributed by atoms with van der Waals surface area (Å²) >= 11 is 0. The Morgan fingerprint density at radius 2 is 1.64 bits per heavy atom. The molecular weight excluding hydrogens is 566 g/mol. The lowest BCUT2D eigenvalue weighted by Gasteiger charge is -2.45. The lowest BCUT2D eigenvalue weighted by Crippen LogP contribution is -2.44. The summed E-state index contributed by atoms with van der Waals surface area (Å²) in [5, 5.41) is 43.7. The van der Waals surface area contributed by atoms with Crippen LogP contribution in [0.25, 0.3) is 0 Å². The largest absolute Gasteiger partial charge is 0.508 e. The van der Waals surface area contributed by atoms with Crippen molar-refractivity contribution in [1.82, 2.24) is 4.98 Å². The van der Waals surface area contributed by atoms with Crippen LogP contribution < -0.4 is 4.74 Å². The number of phenols is 3. The van der Waals surface area contributed by atoms with Crippen LogP contribution in [0.15, 0.2) is 42.7 Å².